The summed E-state index contributed by atoms with van der Waals surface area (Å²) in [5.41, 5.74) is 8.66. The smallest absolute Gasteiger partial charge is 0.221 e. The molecule has 3 aromatic rings. The molecular weight excluding hydrogens is 586 g/mol. The van der Waals surface area contributed by atoms with Crippen molar-refractivity contribution in [3.05, 3.63) is 52.3 Å². The van der Waals surface area contributed by atoms with Gasteiger partial charge in [0.1, 0.15) is 17.7 Å². The number of hydrogen-bond donors (Lipinski definition) is 2. The number of likely N-dealkylation sites (N-methyl/N-ethyl adjacent to an activating group) is 1. The number of nitrogens with two attached hydrogens (primary N) is 1. The molecular formula is C34H43N7O5. The van der Waals surface area contributed by atoms with Crippen LogP contribution in [0.2, 0.25) is 0 Å². The molecule has 3 fully saturated rings. The molecule has 0 bridgehead atoms. The summed E-state index contributed by atoms with van der Waals surface area (Å²) >= 11 is 0. The third-order valence-electron chi connectivity index (χ3n) is 10.7. The van der Waals surface area contributed by atoms with Crippen LogP contribution in [0.15, 0.2) is 28.8 Å². The maximum atomic E-state index is 9.99. The van der Waals surface area contributed by atoms with Crippen LogP contribution in [-0.2, 0) is 27.7 Å². The Kier molecular flexibility index (Phi) is 8.23. The molecule has 3 saturated heterocycles. The molecule has 12 heteroatoms. The van der Waals surface area contributed by atoms with E-state index >= 15 is 0 Å². The molecule has 5 unspecified atom stereocenters. The van der Waals surface area contributed by atoms with Crippen molar-refractivity contribution in [2.75, 3.05) is 47.5 Å². The molecule has 244 valence electrons. The molecule has 12 nitrogen and oxygen atoms in total. The summed E-state index contributed by atoms with van der Waals surface area (Å²) in [6, 6.07) is 10.4. The van der Waals surface area contributed by atoms with Crippen molar-refractivity contribution in [1.82, 2.24) is 25.3 Å². The van der Waals surface area contributed by atoms with Crippen LogP contribution in [0.25, 0.3) is 11.5 Å². The average Bonchev–Trinajstić information content (AvgIpc) is 3.76. The zero-order valence-corrected chi connectivity index (χ0v) is 27.0. The van der Waals surface area contributed by atoms with E-state index in [0.29, 0.717) is 36.5 Å². The molecule has 46 heavy (non-hydrogen) atoms. The predicted octanol–water partition coefficient (Wildman–Crippen LogP) is 2.75. The van der Waals surface area contributed by atoms with Crippen molar-refractivity contribution in [3.63, 3.8) is 0 Å². The lowest BCUT2D eigenvalue weighted by Crippen LogP contribution is -2.79. The van der Waals surface area contributed by atoms with Gasteiger partial charge in [-0.15, -0.1) is 0 Å². The lowest BCUT2D eigenvalue weighted by Gasteiger charge is -2.54. The largest absolute Gasteiger partial charge is 0.473 e. The zero-order chi connectivity index (χ0) is 32.1. The van der Waals surface area contributed by atoms with Crippen molar-refractivity contribution in [2.45, 2.75) is 80.8 Å². The SMILES string of the molecule is CN.COC1CC(C(C)Oc2cc(OC3CNC34COC4)nc(-c3noc4c3CCCC43CCc4cccc(C#N)c43)n2)N(C)C1. The number of methoxy groups -OCH3 is 1. The van der Waals surface area contributed by atoms with E-state index in [4.69, 9.17) is 33.4 Å². The molecule has 3 aliphatic heterocycles. The number of likely N-dealkylation sites (tertiary alicyclic amines) is 1. The molecule has 1 aromatic carbocycles. The van der Waals surface area contributed by atoms with Crippen LogP contribution in [-0.4, -0.2) is 97.4 Å². The second kappa shape index (κ2) is 12.2. The van der Waals surface area contributed by atoms with Crippen LogP contribution < -0.4 is 20.5 Å². The molecule has 0 saturated carbocycles. The number of rotatable bonds is 7. The quantitative estimate of drug-likeness (QED) is 0.395. The van der Waals surface area contributed by atoms with Crippen LogP contribution in [0.4, 0.5) is 0 Å². The van der Waals surface area contributed by atoms with Gasteiger partial charge < -0.3 is 34.5 Å². The van der Waals surface area contributed by atoms with E-state index in [2.05, 4.69) is 47.2 Å². The lowest BCUT2D eigenvalue weighted by atomic mass is 9.69. The summed E-state index contributed by atoms with van der Waals surface area (Å²) in [6.45, 7) is 4.90. The van der Waals surface area contributed by atoms with E-state index in [1.54, 1.807) is 13.2 Å². The van der Waals surface area contributed by atoms with Gasteiger partial charge in [0.2, 0.25) is 11.8 Å². The summed E-state index contributed by atoms with van der Waals surface area (Å²) in [5, 5.41) is 18.1. The Morgan fingerprint density at radius 2 is 2.00 bits per heavy atom. The van der Waals surface area contributed by atoms with Crippen molar-refractivity contribution in [2.24, 2.45) is 5.73 Å². The fraction of sp³-hybridized carbons (Fsp3) is 0.588. The molecule has 2 spiro atoms. The van der Waals surface area contributed by atoms with E-state index in [1.807, 2.05) is 12.1 Å². The first kappa shape index (κ1) is 31.0. The number of ether oxygens (including phenoxy) is 4. The summed E-state index contributed by atoms with van der Waals surface area (Å²) in [7, 11) is 5.36. The summed E-state index contributed by atoms with van der Waals surface area (Å²) in [5.74, 6) is 2.17. The highest BCUT2D eigenvalue weighted by atomic mass is 16.5. The first-order valence-corrected chi connectivity index (χ1v) is 16.3. The number of aryl methyl sites for hydroxylation is 1. The van der Waals surface area contributed by atoms with Crippen LogP contribution in [0, 0.1) is 11.3 Å². The first-order valence-electron chi connectivity index (χ1n) is 16.3. The second-order valence-corrected chi connectivity index (χ2v) is 13.2. The first-order chi connectivity index (χ1) is 22.4. The van der Waals surface area contributed by atoms with Gasteiger partial charge in [-0.3, -0.25) is 4.90 Å². The fourth-order valence-corrected chi connectivity index (χ4v) is 8.18. The maximum Gasteiger partial charge on any atom is 0.221 e. The molecule has 8 rings (SSSR count). The minimum Gasteiger partial charge on any atom is -0.473 e. The van der Waals surface area contributed by atoms with E-state index in [9.17, 15) is 5.26 Å². The highest BCUT2D eigenvalue weighted by molar-refractivity contribution is 5.63. The molecule has 5 heterocycles. The van der Waals surface area contributed by atoms with Gasteiger partial charge in [-0.1, -0.05) is 17.3 Å². The summed E-state index contributed by atoms with van der Waals surface area (Å²) in [6.07, 6.45) is 5.37. The Morgan fingerprint density at radius 3 is 2.70 bits per heavy atom. The van der Waals surface area contributed by atoms with E-state index in [0.717, 1.165) is 74.1 Å². The highest BCUT2D eigenvalue weighted by Gasteiger charge is 2.54. The molecule has 2 aliphatic carbocycles. The number of benzene rings is 1. The minimum absolute atomic E-state index is 0.0541. The van der Waals surface area contributed by atoms with Gasteiger partial charge in [0, 0.05) is 31.8 Å². The Hall–Kier alpha value is -3.60. The van der Waals surface area contributed by atoms with Crippen molar-refractivity contribution < 1.29 is 23.5 Å². The standard InChI is InChI=1S/C33H38N6O5.CH5N/c1-19(24-12-22(40-3)16-39(24)2)42-26-13-27(43-25-15-35-33(25)17-41-18-33)37-31(36-26)29-23-8-5-10-32(30(23)44-38-29)11-9-20-6-4-7-21(14-34)28(20)32;1-2/h4,6-7,13,19,22,24-25,35H,5,8-12,15-18H2,1-3H3;2H2,1H3. The summed E-state index contributed by atoms with van der Waals surface area (Å²) < 4.78 is 30.3. The van der Waals surface area contributed by atoms with Crippen LogP contribution >= 0.6 is 0 Å². The van der Waals surface area contributed by atoms with Gasteiger partial charge in [-0.05, 0) is 76.7 Å². The Bertz CT molecular complexity index is 1630. The van der Waals surface area contributed by atoms with Gasteiger partial charge in [0.05, 0.1) is 42.4 Å². The maximum absolute atomic E-state index is 9.99. The van der Waals surface area contributed by atoms with Gasteiger partial charge in [-0.2, -0.15) is 15.2 Å². The number of nitriles is 1. The molecule has 0 radical (unpaired) electrons. The monoisotopic (exact) mass is 629 g/mol. The topological polar surface area (TPSA) is 154 Å². The van der Waals surface area contributed by atoms with Crippen molar-refractivity contribution >= 4 is 0 Å². The van der Waals surface area contributed by atoms with E-state index < -0.39 is 0 Å². The van der Waals surface area contributed by atoms with Crippen LogP contribution in [0.3, 0.4) is 0 Å². The number of nitrogens with zero attached hydrogens (tertiary/aromatic N) is 5. The third kappa shape index (κ3) is 4.96. The molecule has 5 atom stereocenters. The average molecular weight is 630 g/mol. The minimum atomic E-state index is -0.360. The van der Waals surface area contributed by atoms with Crippen molar-refractivity contribution in [3.8, 4) is 29.3 Å². The highest BCUT2D eigenvalue weighted by Crippen LogP contribution is 2.53. The molecule has 3 N–H and O–H groups in total. The Labute approximate surface area is 269 Å². The number of fused-ring (bicyclic) bond motifs is 4. The number of aromatic nitrogens is 3. The van der Waals surface area contributed by atoms with E-state index in [1.165, 1.54) is 12.6 Å². The lowest BCUT2D eigenvalue weighted by molar-refractivity contribution is -0.165. The fourth-order valence-electron chi connectivity index (χ4n) is 8.18. The third-order valence-corrected chi connectivity index (χ3v) is 10.7. The molecule has 2 aromatic heterocycles. The van der Waals surface area contributed by atoms with Crippen LogP contribution in [0.5, 0.6) is 11.8 Å². The van der Waals surface area contributed by atoms with Crippen molar-refractivity contribution in [1.29, 1.82) is 5.26 Å². The second-order valence-electron chi connectivity index (χ2n) is 13.2. The van der Waals surface area contributed by atoms with Gasteiger partial charge in [-0.25, -0.2) is 0 Å². The zero-order valence-electron chi connectivity index (χ0n) is 27.0. The van der Waals surface area contributed by atoms with Gasteiger partial charge in [0.25, 0.3) is 0 Å². The molecule has 5 aliphatic rings. The predicted molar refractivity (Wildman–Crippen MR) is 169 cm³/mol. The Morgan fingerprint density at radius 1 is 1.17 bits per heavy atom. The van der Waals surface area contributed by atoms with E-state index in [-0.39, 0.29) is 35.3 Å². The van der Waals surface area contributed by atoms with Gasteiger partial charge in [0.15, 0.2) is 17.3 Å². The summed E-state index contributed by atoms with van der Waals surface area (Å²) in [4.78, 5) is 12.1. The number of hydrogen-bond acceptors (Lipinski definition) is 12. The van der Waals surface area contributed by atoms with Crippen LogP contribution in [0.1, 0.15) is 60.6 Å². The Balaban J connectivity index is 0.00000166. The number of nitrogens with one attached hydrogen (secondary N) is 1. The van der Waals surface area contributed by atoms with Gasteiger partial charge >= 0.3 is 0 Å². The molecule has 0 amide bonds. The normalized spacial score (nSPS) is 27.9.